The van der Waals surface area contributed by atoms with E-state index in [4.69, 9.17) is 5.73 Å². The highest BCUT2D eigenvalue weighted by Crippen LogP contribution is 2.39. The van der Waals surface area contributed by atoms with E-state index in [9.17, 15) is 8.42 Å². The molecule has 0 atom stereocenters. The van der Waals surface area contributed by atoms with Gasteiger partial charge in [-0.3, -0.25) is 0 Å². The third kappa shape index (κ3) is 2.71. The molecule has 0 unspecified atom stereocenters. The molecule has 0 spiro atoms. The summed E-state index contributed by atoms with van der Waals surface area (Å²) in [5, 5.41) is 0.716. The van der Waals surface area contributed by atoms with Crippen molar-refractivity contribution in [3.63, 3.8) is 0 Å². The van der Waals surface area contributed by atoms with Gasteiger partial charge in [0.1, 0.15) is 4.90 Å². The number of aromatic nitrogens is 1. The highest BCUT2D eigenvalue weighted by molar-refractivity contribution is 7.91. The second kappa shape index (κ2) is 6.28. The van der Waals surface area contributed by atoms with Crippen LogP contribution in [0.5, 0.6) is 0 Å². The first-order valence-corrected chi connectivity index (χ1v) is 10.1. The highest BCUT2D eigenvalue weighted by Gasteiger charge is 2.28. The van der Waals surface area contributed by atoms with E-state index in [2.05, 4.69) is 0 Å². The standard InChI is InChI=1S/C22H20N2O2S/c1-15-14-17(12-13-19(15)23)27(25,26)22-18-10-6-7-11-20(18)24(2)21(22)16-8-4-3-5-9-16/h3-14H,23H2,1-2H3. The third-order valence-electron chi connectivity index (χ3n) is 4.93. The van der Waals surface area contributed by atoms with Gasteiger partial charge in [0.15, 0.2) is 0 Å². The lowest BCUT2D eigenvalue weighted by Crippen LogP contribution is -2.05. The van der Waals surface area contributed by atoms with Crippen molar-refractivity contribution in [2.45, 2.75) is 16.7 Å². The van der Waals surface area contributed by atoms with Crippen LogP contribution in [0.25, 0.3) is 22.2 Å². The van der Waals surface area contributed by atoms with Gasteiger partial charge in [0.05, 0.1) is 10.6 Å². The van der Waals surface area contributed by atoms with E-state index in [1.807, 2.05) is 73.1 Å². The van der Waals surface area contributed by atoms with Crippen LogP contribution in [0.15, 0.2) is 82.6 Å². The second-order valence-corrected chi connectivity index (χ2v) is 8.53. The minimum atomic E-state index is -3.74. The van der Waals surface area contributed by atoms with Crippen LogP contribution < -0.4 is 5.73 Å². The Morgan fingerprint density at radius 1 is 0.889 bits per heavy atom. The van der Waals surface area contributed by atoms with Crippen molar-refractivity contribution in [2.75, 3.05) is 5.73 Å². The Labute approximate surface area is 158 Å². The molecule has 0 amide bonds. The number of para-hydroxylation sites is 1. The molecule has 1 heterocycles. The van der Waals surface area contributed by atoms with E-state index in [-0.39, 0.29) is 4.90 Å². The average molecular weight is 376 g/mol. The summed E-state index contributed by atoms with van der Waals surface area (Å²) >= 11 is 0. The molecular formula is C22H20N2O2S. The van der Waals surface area contributed by atoms with E-state index in [1.165, 1.54) is 0 Å². The summed E-state index contributed by atoms with van der Waals surface area (Å²) in [6, 6.07) is 22.1. The number of hydrogen-bond acceptors (Lipinski definition) is 3. The van der Waals surface area contributed by atoms with Crippen molar-refractivity contribution < 1.29 is 8.42 Å². The van der Waals surface area contributed by atoms with Gasteiger partial charge >= 0.3 is 0 Å². The fourth-order valence-corrected chi connectivity index (χ4v) is 5.27. The van der Waals surface area contributed by atoms with Gasteiger partial charge in [-0.1, -0.05) is 48.5 Å². The summed E-state index contributed by atoms with van der Waals surface area (Å²) in [4.78, 5) is 0.582. The van der Waals surface area contributed by atoms with Gasteiger partial charge in [-0.05, 0) is 42.3 Å². The van der Waals surface area contributed by atoms with Crippen molar-refractivity contribution in [1.29, 1.82) is 0 Å². The lowest BCUT2D eigenvalue weighted by Gasteiger charge is -2.11. The van der Waals surface area contributed by atoms with E-state index in [0.717, 1.165) is 16.6 Å². The third-order valence-corrected chi connectivity index (χ3v) is 6.75. The fraction of sp³-hybridized carbons (Fsp3) is 0.0909. The van der Waals surface area contributed by atoms with Gasteiger partial charge in [0, 0.05) is 23.6 Å². The molecule has 4 nitrogen and oxygen atoms in total. The Morgan fingerprint density at radius 2 is 1.56 bits per heavy atom. The van der Waals surface area contributed by atoms with E-state index >= 15 is 0 Å². The molecule has 0 radical (unpaired) electrons. The van der Waals surface area contributed by atoms with Crippen molar-refractivity contribution in [1.82, 2.24) is 4.57 Å². The van der Waals surface area contributed by atoms with Gasteiger partial charge < -0.3 is 10.3 Å². The van der Waals surface area contributed by atoms with E-state index < -0.39 is 9.84 Å². The number of sulfone groups is 1. The van der Waals surface area contributed by atoms with Crippen molar-refractivity contribution in [3.8, 4) is 11.3 Å². The van der Waals surface area contributed by atoms with Crippen LogP contribution in [0.3, 0.4) is 0 Å². The lowest BCUT2D eigenvalue weighted by atomic mass is 10.1. The van der Waals surface area contributed by atoms with E-state index in [0.29, 0.717) is 21.7 Å². The molecule has 2 N–H and O–H groups in total. The fourth-order valence-electron chi connectivity index (χ4n) is 3.48. The Balaban J connectivity index is 2.10. The molecule has 0 saturated heterocycles. The normalized spacial score (nSPS) is 11.8. The van der Waals surface area contributed by atoms with Crippen LogP contribution in [0.2, 0.25) is 0 Å². The smallest absolute Gasteiger partial charge is 0.209 e. The van der Waals surface area contributed by atoms with Crippen molar-refractivity contribution in [3.05, 3.63) is 78.4 Å². The first kappa shape index (κ1) is 17.4. The second-order valence-electron chi connectivity index (χ2n) is 6.64. The Bertz CT molecular complexity index is 1260. The maximum absolute atomic E-state index is 13.7. The molecule has 0 aliphatic carbocycles. The molecule has 5 heteroatoms. The number of anilines is 1. The van der Waals surface area contributed by atoms with Crippen LogP contribution in [-0.4, -0.2) is 13.0 Å². The Kier molecular flexibility index (Phi) is 4.04. The SMILES string of the molecule is Cc1cc(S(=O)(=O)c2c(-c3ccccc3)n(C)c3ccccc23)ccc1N. The minimum Gasteiger partial charge on any atom is -0.399 e. The maximum Gasteiger partial charge on any atom is 0.209 e. The zero-order valence-electron chi connectivity index (χ0n) is 15.2. The predicted molar refractivity (Wildman–Crippen MR) is 109 cm³/mol. The number of hydrogen-bond donors (Lipinski definition) is 1. The average Bonchev–Trinajstić information content (AvgIpc) is 2.98. The quantitative estimate of drug-likeness (QED) is 0.533. The molecule has 0 aliphatic heterocycles. The lowest BCUT2D eigenvalue weighted by molar-refractivity contribution is 0.597. The minimum absolute atomic E-state index is 0.253. The van der Waals surface area contributed by atoms with Crippen LogP contribution in [-0.2, 0) is 16.9 Å². The van der Waals surface area contributed by atoms with Crippen LogP contribution in [0.1, 0.15) is 5.56 Å². The van der Waals surface area contributed by atoms with E-state index in [1.54, 1.807) is 18.2 Å². The monoisotopic (exact) mass is 376 g/mol. The molecular weight excluding hydrogens is 356 g/mol. The summed E-state index contributed by atoms with van der Waals surface area (Å²) in [6.45, 7) is 1.82. The van der Waals surface area contributed by atoms with Crippen molar-refractivity contribution in [2.24, 2.45) is 7.05 Å². The van der Waals surface area contributed by atoms with Crippen molar-refractivity contribution >= 4 is 26.4 Å². The molecule has 27 heavy (non-hydrogen) atoms. The largest absolute Gasteiger partial charge is 0.399 e. The first-order valence-electron chi connectivity index (χ1n) is 8.65. The van der Waals surface area contributed by atoms with Gasteiger partial charge in [-0.2, -0.15) is 0 Å². The van der Waals surface area contributed by atoms with Gasteiger partial charge in [0.25, 0.3) is 0 Å². The predicted octanol–water partition coefficient (Wildman–Crippen LogP) is 4.57. The van der Waals surface area contributed by atoms with Gasteiger partial charge in [-0.25, -0.2) is 8.42 Å². The molecule has 3 aromatic carbocycles. The summed E-state index contributed by atoms with van der Waals surface area (Å²) in [6.07, 6.45) is 0. The number of nitrogens with zero attached hydrogens (tertiary/aromatic N) is 1. The number of fused-ring (bicyclic) bond motifs is 1. The molecule has 0 aliphatic rings. The maximum atomic E-state index is 13.7. The zero-order valence-corrected chi connectivity index (χ0v) is 16.0. The Morgan fingerprint density at radius 3 is 2.26 bits per heavy atom. The molecule has 136 valence electrons. The summed E-state index contributed by atoms with van der Waals surface area (Å²) < 4.78 is 29.3. The topological polar surface area (TPSA) is 65.1 Å². The molecule has 4 aromatic rings. The molecule has 1 aromatic heterocycles. The highest BCUT2D eigenvalue weighted by atomic mass is 32.2. The number of nitrogens with two attached hydrogens (primary N) is 1. The Hall–Kier alpha value is -3.05. The van der Waals surface area contributed by atoms with Gasteiger partial charge in [0.2, 0.25) is 9.84 Å². The number of nitrogen functional groups attached to an aromatic ring is 1. The number of benzene rings is 3. The van der Waals surface area contributed by atoms with Crippen LogP contribution in [0, 0.1) is 6.92 Å². The van der Waals surface area contributed by atoms with Gasteiger partial charge in [-0.15, -0.1) is 0 Å². The molecule has 0 fully saturated rings. The zero-order chi connectivity index (χ0) is 19.2. The number of rotatable bonds is 3. The number of aryl methyl sites for hydroxylation is 2. The molecule has 4 rings (SSSR count). The van der Waals surface area contributed by atoms with Crippen LogP contribution in [0.4, 0.5) is 5.69 Å². The molecule has 0 bridgehead atoms. The summed E-state index contributed by atoms with van der Waals surface area (Å²) in [5.74, 6) is 0. The summed E-state index contributed by atoms with van der Waals surface area (Å²) in [7, 11) is -1.84. The first-order chi connectivity index (χ1) is 12.9. The molecule has 0 saturated carbocycles. The van der Waals surface area contributed by atoms with Crippen LogP contribution >= 0.6 is 0 Å². The summed E-state index contributed by atoms with van der Waals surface area (Å²) in [5.41, 5.74) is 9.64.